The van der Waals surface area contributed by atoms with Gasteiger partial charge in [0.15, 0.2) is 0 Å². The fourth-order valence-corrected chi connectivity index (χ4v) is 3.36. The van der Waals surface area contributed by atoms with Gasteiger partial charge in [-0.1, -0.05) is 23.7 Å². The third-order valence-corrected chi connectivity index (χ3v) is 5.18. The molecule has 0 atom stereocenters. The van der Waals surface area contributed by atoms with Crippen LogP contribution in [-0.2, 0) is 21.4 Å². The van der Waals surface area contributed by atoms with Crippen molar-refractivity contribution in [3.8, 4) is 11.5 Å². The van der Waals surface area contributed by atoms with E-state index in [0.29, 0.717) is 10.8 Å². The highest BCUT2D eigenvalue weighted by atomic mass is 35.5. The molecule has 0 aliphatic heterocycles. The second-order valence-corrected chi connectivity index (χ2v) is 7.42. The first-order chi connectivity index (χ1) is 12.4. The zero-order chi connectivity index (χ0) is 19.2. The molecule has 0 saturated carbocycles. The molecule has 2 aromatic rings. The summed E-state index contributed by atoms with van der Waals surface area (Å²) in [7, 11) is -1.10. The molecule has 2 N–H and O–H groups in total. The Balaban J connectivity index is 1.96. The standard InChI is InChI=1S/C17H19ClN2O5S/c1-24-14-7-8-16(15(9-14)25-2)26(22,23)20-11-17(21)19-10-12-3-5-13(18)6-4-12/h3-9,20H,10-11H2,1-2H3,(H,19,21). The second kappa shape index (κ2) is 8.88. The number of hydrogen-bond acceptors (Lipinski definition) is 5. The topological polar surface area (TPSA) is 93.7 Å². The number of rotatable bonds is 8. The molecule has 140 valence electrons. The molecule has 2 rings (SSSR count). The Labute approximate surface area is 157 Å². The van der Waals surface area contributed by atoms with Crippen LogP contribution in [0.25, 0.3) is 0 Å². The van der Waals surface area contributed by atoms with Crippen LogP contribution in [0.2, 0.25) is 5.02 Å². The van der Waals surface area contributed by atoms with Crippen LogP contribution in [0.15, 0.2) is 47.4 Å². The number of hydrogen-bond donors (Lipinski definition) is 2. The molecule has 0 aromatic heterocycles. The first-order valence-corrected chi connectivity index (χ1v) is 9.44. The lowest BCUT2D eigenvalue weighted by Gasteiger charge is -2.12. The smallest absolute Gasteiger partial charge is 0.244 e. The molecule has 1 amide bonds. The van der Waals surface area contributed by atoms with Crippen molar-refractivity contribution in [2.75, 3.05) is 20.8 Å². The van der Waals surface area contributed by atoms with Crippen LogP contribution in [-0.4, -0.2) is 35.1 Å². The summed E-state index contributed by atoms with van der Waals surface area (Å²) in [6.07, 6.45) is 0. The number of methoxy groups -OCH3 is 2. The van der Waals surface area contributed by atoms with Crippen molar-refractivity contribution in [1.82, 2.24) is 10.0 Å². The molecule has 0 aliphatic carbocycles. The van der Waals surface area contributed by atoms with Gasteiger partial charge >= 0.3 is 0 Å². The molecule has 0 heterocycles. The Morgan fingerprint density at radius 1 is 1.08 bits per heavy atom. The Morgan fingerprint density at radius 3 is 2.38 bits per heavy atom. The number of sulfonamides is 1. The molecule has 0 aliphatic rings. The SMILES string of the molecule is COc1ccc(S(=O)(=O)NCC(=O)NCc2ccc(Cl)cc2)c(OC)c1. The number of carbonyl (C=O) groups is 1. The van der Waals surface area contributed by atoms with Gasteiger partial charge in [0.25, 0.3) is 0 Å². The van der Waals surface area contributed by atoms with Gasteiger partial charge < -0.3 is 14.8 Å². The summed E-state index contributed by atoms with van der Waals surface area (Å²) in [6, 6.07) is 11.3. The summed E-state index contributed by atoms with van der Waals surface area (Å²) in [6.45, 7) is -0.130. The number of carbonyl (C=O) groups excluding carboxylic acids is 1. The van der Waals surface area contributed by atoms with Gasteiger partial charge in [-0.25, -0.2) is 13.1 Å². The van der Waals surface area contributed by atoms with Gasteiger partial charge in [0.2, 0.25) is 15.9 Å². The average Bonchev–Trinajstić information content (AvgIpc) is 2.65. The Morgan fingerprint density at radius 2 is 1.77 bits per heavy atom. The van der Waals surface area contributed by atoms with Crippen molar-refractivity contribution >= 4 is 27.5 Å². The van der Waals surface area contributed by atoms with Crippen molar-refractivity contribution < 1.29 is 22.7 Å². The van der Waals surface area contributed by atoms with Crippen molar-refractivity contribution in [3.63, 3.8) is 0 Å². The summed E-state index contributed by atoms with van der Waals surface area (Å²) in [5.41, 5.74) is 0.849. The molecule has 0 fully saturated rings. The number of halogens is 1. The second-order valence-electron chi connectivity index (χ2n) is 5.24. The lowest BCUT2D eigenvalue weighted by Crippen LogP contribution is -2.36. The monoisotopic (exact) mass is 398 g/mol. The van der Waals surface area contributed by atoms with Gasteiger partial charge in [0.1, 0.15) is 16.4 Å². The summed E-state index contributed by atoms with van der Waals surface area (Å²) in [5.74, 6) is 0.121. The van der Waals surface area contributed by atoms with Crippen molar-refractivity contribution in [3.05, 3.63) is 53.1 Å². The highest BCUT2D eigenvalue weighted by Gasteiger charge is 2.21. The molecule has 7 nitrogen and oxygen atoms in total. The lowest BCUT2D eigenvalue weighted by molar-refractivity contribution is -0.120. The van der Waals surface area contributed by atoms with E-state index in [1.54, 1.807) is 24.3 Å². The van der Waals surface area contributed by atoms with Gasteiger partial charge in [0, 0.05) is 17.6 Å². The number of nitrogens with one attached hydrogen (secondary N) is 2. The van der Waals surface area contributed by atoms with E-state index in [1.165, 1.54) is 32.4 Å². The van der Waals surface area contributed by atoms with E-state index in [9.17, 15) is 13.2 Å². The van der Waals surface area contributed by atoms with Crippen molar-refractivity contribution in [2.45, 2.75) is 11.4 Å². The first kappa shape index (κ1) is 20.0. The van der Waals surface area contributed by atoms with Crippen molar-refractivity contribution in [1.29, 1.82) is 0 Å². The number of amides is 1. The maximum atomic E-state index is 12.4. The van der Waals surface area contributed by atoms with E-state index in [0.717, 1.165) is 5.56 Å². The molecular formula is C17H19ClN2O5S. The molecule has 2 aromatic carbocycles. The summed E-state index contributed by atoms with van der Waals surface area (Å²) in [4.78, 5) is 11.8. The summed E-state index contributed by atoms with van der Waals surface area (Å²) < 4.78 is 37.2. The Kier molecular flexibility index (Phi) is 6.84. The zero-order valence-corrected chi connectivity index (χ0v) is 15.9. The summed E-state index contributed by atoms with van der Waals surface area (Å²) in [5, 5.41) is 3.23. The largest absolute Gasteiger partial charge is 0.497 e. The van der Waals surface area contributed by atoms with Crippen LogP contribution in [0.4, 0.5) is 0 Å². The quantitative estimate of drug-likeness (QED) is 0.708. The van der Waals surface area contributed by atoms with Gasteiger partial charge in [-0.15, -0.1) is 0 Å². The Bertz CT molecular complexity index is 869. The van der Waals surface area contributed by atoms with E-state index in [4.69, 9.17) is 21.1 Å². The van der Waals surface area contributed by atoms with Crippen LogP contribution >= 0.6 is 11.6 Å². The van der Waals surface area contributed by atoms with Crippen LogP contribution in [0.5, 0.6) is 11.5 Å². The van der Waals surface area contributed by atoms with Crippen LogP contribution in [0, 0.1) is 0 Å². The fourth-order valence-electron chi connectivity index (χ4n) is 2.10. The lowest BCUT2D eigenvalue weighted by atomic mass is 10.2. The average molecular weight is 399 g/mol. The van der Waals surface area contributed by atoms with E-state index in [1.807, 2.05) is 0 Å². The van der Waals surface area contributed by atoms with E-state index >= 15 is 0 Å². The third-order valence-electron chi connectivity index (χ3n) is 3.49. The molecule has 0 radical (unpaired) electrons. The molecule has 26 heavy (non-hydrogen) atoms. The minimum absolute atomic E-state index is 0.0775. The van der Waals surface area contributed by atoms with Crippen LogP contribution in [0.3, 0.4) is 0 Å². The number of ether oxygens (including phenoxy) is 2. The molecule has 0 bridgehead atoms. The van der Waals surface area contributed by atoms with Crippen molar-refractivity contribution in [2.24, 2.45) is 0 Å². The van der Waals surface area contributed by atoms with E-state index in [-0.39, 0.29) is 17.2 Å². The molecule has 0 unspecified atom stereocenters. The first-order valence-electron chi connectivity index (χ1n) is 7.58. The van der Waals surface area contributed by atoms with Gasteiger partial charge in [-0.3, -0.25) is 4.79 Å². The van der Waals surface area contributed by atoms with E-state index < -0.39 is 22.5 Å². The maximum Gasteiger partial charge on any atom is 0.244 e. The van der Waals surface area contributed by atoms with Crippen LogP contribution < -0.4 is 19.5 Å². The predicted molar refractivity (Wildman–Crippen MR) is 98.0 cm³/mol. The minimum atomic E-state index is -3.92. The highest BCUT2D eigenvalue weighted by Crippen LogP contribution is 2.28. The van der Waals surface area contributed by atoms with Gasteiger partial charge in [0.05, 0.1) is 20.8 Å². The maximum absolute atomic E-state index is 12.4. The molecule has 0 saturated heterocycles. The van der Waals surface area contributed by atoms with Gasteiger partial charge in [-0.05, 0) is 29.8 Å². The predicted octanol–water partition coefficient (Wildman–Crippen LogP) is 1.95. The van der Waals surface area contributed by atoms with E-state index in [2.05, 4.69) is 10.0 Å². The molecule has 9 heteroatoms. The van der Waals surface area contributed by atoms with Gasteiger partial charge in [-0.2, -0.15) is 0 Å². The highest BCUT2D eigenvalue weighted by molar-refractivity contribution is 7.89. The molecular weight excluding hydrogens is 380 g/mol. The molecule has 0 spiro atoms. The number of benzene rings is 2. The minimum Gasteiger partial charge on any atom is -0.497 e. The zero-order valence-electron chi connectivity index (χ0n) is 14.3. The third kappa shape index (κ3) is 5.35. The summed E-state index contributed by atoms with van der Waals surface area (Å²) >= 11 is 5.79. The Hall–Kier alpha value is -2.29. The normalized spacial score (nSPS) is 11.0. The fraction of sp³-hybridized carbons (Fsp3) is 0.235. The van der Waals surface area contributed by atoms with Crippen LogP contribution in [0.1, 0.15) is 5.56 Å².